The minimum atomic E-state index is -0.156. The van der Waals surface area contributed by atoms with Gasteiger partial charge < -0.3 is 0 Å². The molecule has 1 heterocycles. The third kappa shape index (κ3) is 4.19. The molecule has 0 aliphatic heterocycles. The Bertz CT molecular complexity index is 1330. The van der Waals surface area contributed by atoms with E-state index in [2.05, 4.69) is 31.9 Å². The summed E-state index contributed by atoms with van der Waals surface area (Å²) < 4.78 is 3.21. The van der Waals surface area contributed by atoms with E-state index in [1.807, 2.05) is 48.5 Å². The summed E-state index contributed by atoms with van der Waals surface area (Å²) in [6, 6.07) is 18.2. The molecule has 0 amide bonds. The Morgan fingerprint density at radius 3 is 2.52 bits per heavy atom. The van der Waals surface area contributed by atoms with Crippen LogP contribution in [-0.2, 0) is 0 Å². The van der Waals surface area contributed by atoms with Crippen molar-refractivity contribution in [1.82, 2.24) is 9.55 Å². The molecule has 0 spiro atoms. The zero-order chi connectivity index (χ0) is 20.5. The van der Waals surface area contributed by atoms with Crippen molar-refractivity contribution in [3.8, 4) is 5.69 Å². The molecule has 3 aromatic carbocycles. The number of fused-ring (bicyclic) bond motifs is 1. The molecule has 4 aromatic rings. The van der Waals surface area contributed by atoms with Crippen molar-refractivity contribution < 1.29 is 0 Å². The highest BCUT2D eigenvalue weighted by atomic mass is 79.9. The maximum absolute atomic E-state index is 13.3. The molecule has 4 rings (SSSR count). The average molecular weight is 551 g/mol. The van der Waals surface area contributed by atoms with Crippen molar-refractivity contribution >= 4 is 78.1 Å². The third-order valence-electron chi connectivity index (χ3n) is 4.33. The molecule has 0 atom stereocenters. The lowest BCUT2D eigenvalue weighted by Gasteiger charge is -2.13. The highest BCUT2D eigenvalue weighted by Crippen LogP contribution is 2.27. The first-order chi connectivity index (χ1) is 13.9. The van der Waals surface area contributed by atoms with Crippen LogP contribution < -0.4 is 5.56 Å². The van der Waals surface area contributed by atoms with E-state index in [9.17, 15) is 4.79 Å². The largest absolute Gasteiger partial charge is 0.268 e. The Morgan fingerprint density at radius 1 is 0.931 bits per heavy atom. The number of hydrogen-bond donors (Lipinski definition) is 0. The molecule has 0 N–H and O–H groups in total. The van der Waals surface area contributed by atoms with Gasteiger partial charge in [-0.1, -0.05) is 57.3 Å². The van der Waals surface area contributed by atoms with Crippen molar-refractivity contribution in [2.75, 3.05) is 0 Å². The molecule has 0 aliphatic carbocycles. The van der Waals surface area contributed by atoms with E-state index < -0.39 is 0 Å². The fourth-order valence-corrected chi connectivity index (χ4v) is 4.20. The standard InChI is InChI=1S/C22H12Br2Cl2N2O/c23-14-7-9-17(24)20(11-14)28-21(10-6-13-5-8-15(25)12-18(13)26)27-19-4-2-1-3-16(19)22(28)29/h1-12H. The summed E-state index contributed by atoms with van der Waals surface area (Å²) in [6.45, 7) is 0. The Kier molecular flexibility index (Phi) is 5.93. The summed E-state index contributed by atoms with van der Waals surface area (Å²) in [5.41, 5.74) is 1.93. The van der Waals surface area contributed by atoms with Crippen LogP contribution in [0.15, 0.2) is 74.4 Å². The fourth-order valence-electron chi connectivity index (χ4n) is 2.95. The van der Waals surface area contributed by atoms with Gasteiger partial charge in [-0.2, -0.15) is 0 Å². The van der Waals surface area contributed by atoms with Gasteiger partial charge in [0.25, 0.3) is 5.56 Å². The molecule has 0 aliphatic rings. The van der Waals surface area contributed by atoms with Crippen molar-refractivity contribution in [3.63, 3.8) is 0 Å². The van der Waals surface area contributed by atoms with Crippen LogP contribution in [0.5, 0.6) is 0 Å². The average Bonchev–Trinajstić information content (AvgIpc) is 2.70. The maximum Gasteiger partial charge on any atom is 0.266 e. The second-order valence-electron chi connectivity index (χ2n) is 6.22. The second kappa shape index (κ2) is 8.44. The number of hydrogen-bond acceptors (Lipinski definition) is 2. The van der Waals surface area contributed by atoms with Crippen LogP contribution in [0.4, 0.5) is 0 Å². The summed E-state index contributed by atoms with van der Waals surface area (Å²) in [5.74, 6) is 0.485. The van der Waals surface area contributed by atoms with Crippen LogP contribution in [0, 0.1) is 0 Å². The van der Waals surface area contributed by atoms with Gasteiger partial charge in [-0.25, -0.2) is 4.98 Å². The molecular formula is C22H12Br2Cl2N2O. The summed E-state index contributed by atoms with van der Waals surface area (Å²) in [6.07, 6.45) is 3.59. The van der Waals surface area contributed by atoms with Gasteiger partial charge >= 0.3 is 0 Å². The van der Waals surface area contributed by atoms with Gasteiger partial charge in [-0.15, -0.1) is 0 Å². The smallest absolute Gasteiger partial charge is 0.266 e. The van der Waals surface area contributed by atoms with E-state index in [4.69, 9.17) is 28.2 Å². The van der Waals surface area contributed by atoms with E-state index in [-0.39, 0.29) is 5.56 Å². The van der Waals surface area contributed by atoms with Crippen molar-refractivity contribution in [1.29, 1.82) is 0 Å². The number of nitrogens with zero attached hydrogens (tertiary/aromatic N) is 2. The van der Waals surface area contributed by atoms with Gasteiger partial charge in [0.2, 0.25) is 0 Å². The molecule has 7 heteroatoms. The quantitative estimate of drug-likeness (QED) is 0.266. The first-order valence-corrected chi connectivity index (χ1v) is 10.9. The minimum absolute atomic E-state index is 0.156. The lowest BCUT2D eigenvalue weighted by Crippen LogP contribution is -2.22. The Balaban J connectivity index is 1.98. The molecular weight excluding hydrogens is 539 g/mol. The van der Waals surface area contributed by atoms with Crippen molar-refractivity contribution in [3.05, 3.63) is 101 Å². The molecule has 0 bridgehead atoms. The van der Waals surface area contributed by atoms with Crippen LogP contribution in [0.25, 0.3) is 28.7 Å². The number of aromatic nitrogens is 2. The monoisotopic (exact) mass is 548 g/mol. The first-order valence-electron chi connectivity index (χ1n) is 8.54. The van der Waals surface area contributed by atoms with Gasteiger partial charge in [-0.3, -0.25) is 9.36 Å². The molecule has 144 valence electrons. The lowest BCUT2D eigenvalue weighted by atomic mass is 10.2. The predicted molar refractivity (Wildman–Crippen MR) is 128 cm³/mol. The molecule has 1 aromatic heterocycles. The Labute approximate surface area is 193 Å². The number of para-hydroxylation sites is 1. The highest BCUT2D eigenvalue weighted by molar-refractivity contribution is 9.11. The Hall–Kier alpha value is -1.92. The van der Waals surface area contributed by atoms with Gasteiger partial charge in [-0.05, 0) is 76.1 Å². The van der Waals surface area contributed by atoms with Gasteiger partial charge in [0, 0.05) is 19.0 Å². The summed E-state index contributed by atoms with van der Waals surface area (Å²) in [7, 11) is 0. The third-order valence-corrected chi connectivity index (χ3v) is 6.05. The molecule has 3 nitrogen and oxygen atoms in total. The van der Waals surface area contributed by atoms with Crippen molar-refractivity contribution in [2.24, 2.45) is 0 Å². The van der Waals surface area contributed by atoms with Crippen LogP contribution in [0.3, 0.4) is 0 Å². The molecule has 0 saturated carbocycles. The van der Waals surface area contributed by atoms with Gasteiger partial charge in [0.05, 0.1) is 16.6 Å². The SMILES string of the molecule is O=c1c2ccccc2nc(C=Cc2ccc(Cl)cc2Cl)n1-c1cc(Br)ccc1Br. The fraction of sp³-hybridized carbons (Fsp3) is 0. The minimum Gasteiger partial charge on any atom is -0.268 e. The second-order valence-corrected chi connectivity index (χ2v) is 8.84. The van der Waals surface area contributed by atoms with E-state index >= 15 is 0 Å². The Morgan fingerprint density at radius 2 is 1.72 bits per heavy atom. The molecule has 0 unspecified atom stereocenters. The van der Waals surface area contributed by atoms with E-state index in [1.54, 1.807) is 28.8 Å². The number of rotatable bonds is 3. The van der Waals surface area contributed by atoms with Crippen LogP contribution in [0.1, 0.15) is 11.4 Å². The van der Waals surface area contributed by atoms with Crippen LogP contribution in [-0.4, -0.2) is 9.55 Å². The number of benzene rings is 3. The topological polar surface area (TPSA) is 34.9 Å². The normalized spacial score (nSPS) is 11.4. The van der Waals surface area contributed by atoms with E-state index in [0.717, 1.165) is 14.5 Å². The summed E-state index contributed by atoms with van der Waals surface area (Å²) >= 11 is 19.3. The van der Waals surface area contributed by atoms with E-state index in [1.165, 1.54) is 0 Å². The van der Waals surface area contributed by atoms with Crippen LogP contribution >= 0.6 is 55.1 Å². The zero-order valence-corrected chi connectivity index (χ0v) is 19.4. The van der Waals surface area contributed by atoms with E-state index in [0.29, 0.717) is 32.5 Å². The summed E-state index contributed by atoms with van der Waals surface area (Å²) in [4.78, 5) is 18.1. The molecule has 0 radical (unpaired) electrons. The van der Waals surface area contributed by atoms with Gasteiger partial charge in [0.15, 0.2) is 0 Å². The predicted octanol–water partition coefficient (Wildman–Crippen LogP) is 7.39. The first kappa shape index (κ1) is 20.4. The molecule has 29 heavy (non-hydrogen) atoms. The zero-order valence-electron chi connectivity index (χ0n) is 14.7. The van der Waals surface area contributed by atoms with Gasteiger partial charge in [0.1, 0.15) is 5.82 Å². The summed E-state index contributed by atoms with van der Waals surface area (Å²) in [5, 5.41) is 1.62. The maximum atomic E-state index is 13.3. The molecule has 0 saturated heterocycles. The lowest BCUT2D eigenvalue weighted by molar-refractivity contribution is 0.938. The van der Waals surface area contributed by atoms with Crippen molar-refractivity contribution in [2.45, 2.75) is 0 Å². The van der Waals surface area contributed by atoms with Crippen LogP contribution in [0.2, 0.25) is 10.0 Å². The molecule has 0 fully saturated rings. The highest BCUT2D eigenvalue weighted by Gasteiger charge is 2.14. The number of halogens is 4.